The van der Waals surface area contributed by atoms with Crippen LogP contribution in [0.25, 0.3) is 10.8 Å². The first-order valence-electron chi connectivity index (χ1n) is 6.63. The van der Waals surface area contributed by atoms with E-state index in [1.54, 1.807) is 0 Å². The molecule has 18 heavy (non-hydrogen) atoms. The number of pyridine rings is 1. The summed E-state index contributed by atoms with van der Waals surface area (Å²) in [6, 6.07) is 8.58. The molecule has 94 valence electrons. The van der Waals surface area contributed by atoms with Gasteiger partial charge >= 0.3 is 0 Å². The van der Waals surface area contributed by atoms with Crippen molar-refractivity contribution in [2.24, 2.45) is 5.92 Å². The van der Waals surface area contributed by atoms with Gasteiger partial charge in [-0.1, -0.05) is 17.7 Å². The van der Waals surface area contributed by atoms with Crippen LogP contribution < -0.4 is 10.6 Å². The number of aromatic nitrogens is 1. The molecule has 1 aliphatic heterocycles. The van der Waals surface area contributed by atoms with E-state index in [-0.39, 0.29) is 0 Å². The third kappa shape index (κ3) is 2.31. The lowest BCUT2D eigenvalue weighted by molar-refractivity contribution is 0.614. The molecule has 1 fully saturated rings. The van der Waals surface area contributed by atoms with Crippen molar-refractivity contribution >= 4 is 16.6 Å². The second-order valence-corrected chi connectivity index (χ2v) is 5.12. The van der Waals surface area contributed by atoms with Crippen LogP contribution in [-0.2, 0) is 0 Å². The van der Waals surface area contributed by atoms with Crippen LogP contribution in [0.15, 0.2) is 30.5 Å². The highest BCUT2D eigenvalue weighted by molar-refractivity contribution is 5.92. The molecule has 0 radical (unpaired) electrons. The average molecular weight is 241 g/mol. The summed E-state index contributed by atoms with van der Waals surface area (Å²) in [6.07, 6.45) is 3.14. The fourth-order valence-corrected chi connectivity index (χ4v) is 2.55. The molecule has 1 unspecified atom stereocenters. The zero-order valence-electron chi connectivity index (χ0n) is 10.7. The average Bonchev–Trinajstić information content (AvgIpc) is 2.89. The lowest BCUT2D eigenvalue weighted by Crippen LogP contribution is -2.17. The molecule has 0 amide bonds. The Morgan fingerprint density at radius 1 is 1.39 bits per heavy atom. The van der Waals surface area contributed by atoms with Crippen molar-refractivity contribution in [2.75, 3.05) is 25.0 Å². The molecular weight excluding hydrogens is 222 g/mol. The van der Waals surface area contributed by atoms with Crippen molar-refractivity contribution in [2.45, 2.75) is 13.3 Å². The maximum atomic E-state index is 4.48. The molecule has 1 atom stereocenters. The molecule has 1 saturated heterocycles. The lowest BCUT2D eigenvalue weighted by atomic mass is 10.1. The predicted molar refractivity (Wildman–Crippen MR) is 75.9 cm³/mol. The summed E-state index contributed by atoms with van der Waals surface area (Å²) in [6.45, 7) is 5.40. The summed E-state index contributed by atoms with van der Waals surface area (Å²) in [5.74, 6) is 1.75. The standard InChI is InChI=1S/C15H19N3/c1-11-2-3-13-5-7-17-15(14(13)8-11)18-10-12-4-6-16-9-12/h2-3,5,7-8,12,16H,4,6,9-10H2,1H3,(H,17,18). The quantitative estimate of drug-likeness (QED) is 0.867. The van der Waals surface area contributed by atoms with Crippen LogP contribution in [0.4, 0.5) is 5.82 Å². The Morgan fingerprint density at radius 3 is 3.17 bits per heavy atom. The second kappa shape index (κ2) is 4.94. The third-order valence-corrected chi connectivity index (χ3v) is 3.64. The van der Waals surface area contributed by atoms with Crippen molar-refractivity contribution in [3.05, 3.63) is 36.0 Å². The molecule has 2 heterocycles. The Morgan fingerprint density at radius 2 is 2.33 bits per heavy atom. The second-order valence-electron chi connectivity index (χ2n) is 5.12. The molecule has 2 aromatic rings. The van der Waals surface area contributed by atoms with E-state index in [1.165, 1.54) is 22.8 Å². The van der Waals surface area contributed by atoms with Gasteiger partial charge in [0.2, 0.25) is 0 Å². The highest BCUT2D eigenvalue weighted by Gasteiger charge is 2.14. The molecule has 1 aromatic carbocycles. The van der Waals surface area contributed by atoms with Gasteiger partial charge in [0.05, 0.1) is 0 Å². The van der Waals surface area contributed by atoms with Gasteiger partial charge < -0.3 is 10.6 Å². The molecule has 1 aliphatic rings. The molecular formula is C15H19N3. The number of fused-ring (bicyclic) bond motifs is 1. The predicted octanol–water partition coefficient (Wildman–Crippen LogP) is 2.56. The normalized spacial score (nSPS) is 19.3. The largest absolute Gasteiger partial charge is 0.369 e. The van der Waals surface area contributed by atoms with Gasteiger partial charge in [0, 0.05) is 18.1 Å². The number of benzene rings is 1. The summed E-state index contributed by atoms with van der Waals surface area (Å²) in [5.41, 5.74) is 1.28. The Kier molecular flexibility index (Phi) is 3.15. The van der Waals surface area contributed by atoms with Gasteiger partial charge in [-0.2, -0.15) is 0 Å². The van der Waals surface area contributed by atoms with Crippen molar-refractivity contribution in [1.29, 1.82) is 0 Å². The van der Waals surface area contributed by atoms with E-state index in [2.05, 4.69) is 46.8 Å². The maximum Gasteiger partial charge on any atom is 0.133 e. The Bertz CT molecular complexity index is 544. The number of hydrogen-bond donors (Lipinski definition) is 2. The van der Waals surface area contributed by atoms with Gasteiger partial charge in [-0.25, -0.2) is 4.98 Å². The minimum atomic E-state index is 0.729. The summed E-state index contributed by atoms with van der Waals surface area (Å²) in [5, 5.41) is 9.38. The molecule has 3 nitrogen and oxygen atoms in total. The number of nitrogens with one attached hydrogen (secondary N) is 2. The Hall–Kier alpha value is -1.61. The monoisotopic (exact) mass is 241 g/mol. The van der Waals surface area contributed by atoms with Crippen LogP contribution in [0.1, 0.15) is 12.0 Å². The van der Waals surface area contributed by atoms with E-state index in [4.69, 9.17) is 0 Å². The highest BCUT2D eigenvalue weighted by Crippen LogP contribution is 2.22. The summed E-state index contributed by atoms with van der Waals surface area (Å²) < 4.78 is 0. The fraction of sp³-hybridized carbons (Fsp3) is 0.400. The Balaban J connectivity index is 1.84. The lowest BCUT2D eigenvalue weighted by Gasteiger charge is -2.12. The Labute approximate surface area is 108 Å². The van der Waals surface area contributed by atoms with E-state index in [9.17, 15) is 0 Å². The van der Waals surface area contributed by atoms with Gasteiger partial charge in [0.15, 0.2) is 0 Å². The minimum Gasteiger partial charge on any atom is -0.369 e. The van der Waals surface area contributed by atoms with E-state index in [0.717, 1.165) is 31.4 Å². The number of rotatable bonds is 3. The summed E-state index contributed by atoms with van der Waals surface area (Å²) in [7, 11) is 0. The third-order valence-electron chi connectivity index (χ3n) is 3.64. The highest BCUT2D eigenvalue weighted by atomic mass is 15.0. The minimum absolute atomic E-state index is 0.729. The van der Waals surface area contributed by atoms with Gasteiger partial charge in [-0.15, -0.1) is 0 Å². The zero-order chi connectivity index (χ0) is 12.4. The number of nitrogens with zero attached hydrogens (tertiary/aromatic N) is 1. The zero-order valence-corrected chi connectivity index (χ0v) is 10.7. The van der Waals surface area contributed by atoms with Crippen molar-refractivity contribution < 1.29 is 0 Å². The number of anilines is 1. The van der Waals surface area contributed by atoms with Gasteiger partial charge in [0.25, 0.3) is 0 Å². The van der Waals surface area contributed by atoms with Crippen LogP contribution in [0, 0.1) is 12.8 Å². The molecule has 0 aliphatic carbocycles. The maximum absolute atomic E-state index is 4.48. The molecule has 0 bridgehead atoms. The smallest absolute Gasteiger partial charge is 0.133 e. The van der Waals surface area contributed by atoms with E-state index >= 15 is 0 Å². The fourth-order valence-electron chi connectivity index (χ4n) is 2.55. The van der Waals surface area contributed by atoms with E-state index in [0.29, 0.717) is 0 Å². The molecule has 0 spiro atoms. The molecule has 2 N–H and O–H groups in total. The van der Waals surface area contributed by atoms with Crippen molar-refractivity contribution in [1.82, 2.24) is 10.3 Å². The van der Waals surface area contributed by atoms with Crippen molar-refractivity contribution in [3.8, 4) is 0 Å². The molecule has 1 aromatic heterocycles. The van der Waals surface area contributed by atoms with E-state index in [1.807, 2.05) is 6.20 Å². The first-order chi connectivity index (χ1) is 8.83. The van der Waals surface area contributed by atoms with Gasteiger partial charge in [0.1, 0.15) is 5.82 Å². The van der Waals surface area contributed by atoms with Crippen LogP contribution in [0.2, 0.25) is 0 Å². The van der Waals surface area contributed by atoms with E-state index < -0.39 is 0 Å². The molecule has 3 heteroatoms. The molecule has 3 rings (SSSR count). The summed E-state index contributed by atoms with van der Waals surface area (Å²) >= 11 is 0. The summed E-state index contributed by atoms with van der Waals surface area (Å²) in [4.78, 5) is 4.48. The number of hydrogen-bond acceptors (Lipinski definition) is 3. The number of aryl methyl sites for hydroxylation is 1. The molecule has 0 saturated carbocycles. The van der Waals surface area contributed by atoms with Crippen LogP contribution in [0.5, 0.6) is 0 Å². The topological polar surface area (TPSA) is 37.0 Å². The SMILES string of the molecule is Cc1ccc2ccnc(NCC3CCNC3)c2c1. The first-order valence-corrected chi connectivity index (χ1v) is 6.63. The van der Waals surface area contributed by atoms with Crippen LogP contribution >= 0.6 is 0 Å². The van der Waals surface area contributed by atoms with Crippen molar-refractivity contribution in [3.63, 3.8) is 0 Å². The van der Waals surface area contributed by atoms with Crippen LogP contribution in [-0.4, -0.2) is 24.6 Å². The first kappa shape index (κ1) is 11.5. The van der Waals surface area contributed by atoms with Crippen LogP contribution in [0.3, 0.4) is 0 Å². The van der Waals surface area contributed by atoms with Gasteiger partial charge in [-0.3, -0.25) is 0 Å². The van der Waals surface area contributed by atoms with Gasteiger partial charge in [-0.05, 0) is 49.9 Å².